The second-order valence-electron chi connectivity index (χ2n) is 8.72. The number of amides is 2. The molecule has 0 radical (unpaired) electrons. The molecule has 4 rings (SSSR count). The van der Waals surface area contributed by atoms with Crippen molar-refractivity contribution in [2.24, 2.45) is 17.8 Å². The number of aliphatic hydroxyl groups is 1. The molecule has 4 atom stereocenters. The fourth-order valence-electron chi connectivity index (χ4n) is 5.20. The van der Waals surface area contributed by atoms with Crippen LogP contribution in [0.25, 0.3) is 6.08 Å². The van der Waals surface area contributed by atoms with Crippen molar-refractivity contribution in [1.29, 1.82) is 0 Å². The van der Waals surface area contributed by atoms with E-state index in [2.05, 4.69) is 0 Å². The van der Waals surface area contributed by atoms with Gasteiger partial charge in [0.1, 0.15) is 6.54 Å². The number of pyridine rings is 1. The molecule has 2 aliphatic heterocycles. The van der Waals surface area contributed by atoms with Crippen LogP contribution >= 0.6 is 0 Å². The Labute approximate surface area is 182 Å². The van der Waals surface area contributed by atoms with Gasteiger partial charge in [0.25, 0.3) is 5.56 Å². The quantitative estimate of drug-likeness (QED) is 0.712. The number of nitrogens with zero attached hydrogens (tertiary/aromatic N) is 2. The van der Waals surface area contributed by atoms with Crippen molar-refractivity contribution in [3.8, 4) is 0 Å². The van der Waals surface area contributed by atoms with Gasteiger partial charge in [-0.05, 0) is 31.9 Å². The van der Waals surface area contributed by atoms with E-state index in [1.165, 1.54) is 4.57 Å². The number of nitrogens with one attached hydrogen (secondary N) is 1. The predicted molar refractivity (Wildman–Crippen MR) is 109 cm³/mol. The molecule has 1 aromatic heterocycles. The third-order valence-corrected chi connectivity index (χ3v) is 6.89. The summed E-state index contributed by atoms with van der Waals surface area (Å²) in [6, 6.07) is 1.70. The normalized spacial score (nSPS) is 27.3. The Balaban J connectivity index is 1.79. The van der Waals surface area contributed by atoms with E-state index in [0.717, 1.165) is 19.3 Å². The monoisotopic (exact) mass is 453 g/mol. The van der Waals surface area contributed by atoms with E-state index < -0.39 is 49.2 Å². The van der Waals surface area contributed by atoms with Crippen molar-refractivity contribution in [3.63, 3.8) is 0 Å². The maximum atomic E-state index is 13.3. The number of alkyl halides is 3. The summed E-state index contributed by atoms with van der Waals surface area (Å²) in [5.41, 5.74) is 0.558. The van der Waals surface area contributed by atoms with Gasteiger partial charge in [-0.15, -0.1) is 0 Å². The highest BCUT2D eigenvalue weighted by molar-refractivity contribution is 5.85. The predicted octanol–water partition coefficient (Wildman–Crippen LogP) is 1.85. The molecule has 10 heteroatoms. The van der Waals surface area contributed by atoms with Crippen molar-refractivity contribution in [3.05, 3.63) is 39.8 Å². The number of rotatable bonds is 5. The third-order valence-electron chi connectivity index (χ3n) is 6.89. The van der Waals surface area contributed by atoms with Crippen LogP contribution in [0.4, 0.5) is 13.2 Å². The molecule has 32 heavy (non-hydrogen) atoms. The maximum absolute atomic E-state index is 13.3. The Bertz CT molecular complexity index is 999. The Kier molecular flexibility index (Phi) is 5.91. The average molecular weight is 453 g/mol. The molecule has 1 saturated heterocycles. The molecule has 2 bridgehead atoms. The van der Waals surface area contributed by atoms with E-state index in [0.29, 0.717) is 11.3 Å². The standard InChI is InChI=1S/C22H26F3N3O4/c1-2-4-12-7-8-15-18-17(19(30)26-11-22(23,24)25)14(10-29)16(9-27(15)20(12)31)28(18)21(32)13-5-3-6-13/h2,4,7-8,13-14,16-18,29H,3,5-6,9-11H2,1H3,(H,26,30)/b4-2-/t14-,16-,17+,18+/m0/s1. The number of fused-ring (bicyclic) bond motifs is 4. The Hall–Kier alpha value is -2.62. The van der Waals surface area contributed by atoms with Gasteiger partial charge >= 0.3 is 6.18 Å². The smallest absolute Gasteiger partial charge is 0.396 e. The highest BCUT2D eigenvalue weighted by Gasteiger charge is 2.58. The lowest BCUT2D eigenvalue weighted by Gasteiger charge is -2.41. The molecule has 2 fully saturated rings. The minimum Gasteiger partial charge on any atom is -0.396 e. The lowest BCUT2D eigenvalue weighted by molar-refractivity contribution is -0.145. The van der Waals surface area contributed by atoms with Crippen LogP contribution in [0.5, 0.6) is 0 Å². The zero-order chi connectivity index (χ0) is 23.2. The molecular weight excluding hydrogens is 427 g/mol. The zero-order valence-electron chi connectivity index (χ0n) is 17.6. The van der Waals surface area contributed by atoms with Crippen molar-refractivity contribution in [1.82, 2.24) is 14.8 Å². The van der Waals surface area contributed by atoms with Crippen LogP contribution in [0.2, 0.25) is 0 Å². The van der Waals surface area contributed by atoms with Gasteiger partial charge in [0.2, 0.25) is 11.8 Å². The van der Waals surface area contributed by atoms with E-state index in [-0.39, 0.29) is 23.9 Å². The highest BCUT2D eigenvalue weighted by atomic mass is 19.4. The summed E-state index contributed by atoms with van der Waals surface area (Å²) in [6.45, 7) is -0.121. The molecule has 2 N–H and O–H groups in total. The summed E-state index contributed by atoms with van der Waals surface area (Å²) in [4.78, 5) is 40.8. The van der Waals surface area contributed by atoms with Gasteiger partial charge in [0.15, 0.2) is 0 Å². The Morgan fingerprint density at radius 2 is 2.00 bits per heavy atom. The molecule has 3 heterocycles. The van der Waals surface area contributed by atoms with Gasteiger partial charge in [0.05, 0.1) is 18.0 Å². The van der Waals surface area contributed by atoms with E-state index >= 15 is 0 Å². The highest BCUT2D eigenvalue weighted by Crippen LogP contribution is 2.50. The number of allylic oxidation sites excluding steroid dienone is 1. The number of aliphatic hydroxyl groups excluding tert-OH is 1. The van der Waals surface area contributed by atoms with Gasteiger partial charge in [-0.25, -0.2) is 0 Å². The van der Waals surface area contributed by atoms with Crippen LogP contribution in [-0.4, -0.2) is 51.8 Å². The molecule has 1 aromatic rings. The number of hydrogen-bond donors (Lipinski definition) is 2. The zero-order valence-corrected chi connectivity index (χ0v) is 17.6. The van der Waals surface area contributed by atoms with Crippen molar-refractivity contribution in [2.45, 2.75) is 51.0 Å². The number of carbonyl (C=O) groups is 2. The van der Waals surface area contributed by atoms with Crippen LogP contribution in [0.3, 0.4) is 0 Å². The van der Waals surface area contributed by atoms with Crippen LogP contribution in [-0.2, 0) is 16.1 Å². The van der Waals surface area contributed by atoms with Crippen LogP contribution in [0.1, 0.15) is 43.5 Å². The SMILES string of the molecule is C/C=C\c1ccc2n(c1=O)C[C@H]1[C@H](CO)[C@@H](C(=O)NCC(F)(F)F)[C@@H]2N1C(=O)C1CCC1. The number of hydrogen-bond acceptors (Lipinski definition) is 4. The van der Waals surface area contributed by atoms with Gasteiger partial charge in [-0.1, -0.05) is 18.6 Å². The fraction of sp³-hybridized carbons (Fsp3) is 0.591. The fourth-order valence-corrected chi connectivity index (χ4v) is 5.20. The summed E-state index contributed by atoms with van der Waals surface area (Å²) >= 11 is 0. The summed E-state index contributed by atoms with van der Waals surface area (Å²) in [5, 5.41) is 12.0. The Morgan fingerprint density at radius 3 is 2.56 bits per heavy atom. The average Bonchev–Trinajstić information content (AvgIpc) is 2.93. The Morgan fingerprint density at radius 1 is 1.28 bits per heavy atom. The second-order valence-corrected chi connectivity index (χ2v) is 8.72. The topological polar surface area (TPSA) is 91.6 Å². The van der Waals surface area contributed by atoms with Gasteiger partial charge in [0, 0.05) is 36.2 Å². The van der Waals surface area contributed by atoms with E-state index in [4.69, 9.17) is 0 Å². The molecule has 1 saturated carbocycles. The van der Waals surface area contributed by atoms with Crippen LogP contribution < -0.4 is 10.9 Å². The summed E-state index contributed by atoms with van der Waals surface area (Å²) in [5.74, 6) is -3.10. The summed E-state index contributed by atoms with van der Waals surface area (Å²) in [6.07, 6.45) is 1.14. The minimum absolute atomic E-state index is 0.0861. The molecule has 0 spiro atoms. The number of halogens is 3. The summed E-state index contributed by atoms with van der Waals surface area (Å²) < 4.78 is 39.7. The molecule has 7 nitrogen and oxygen atoms in total. The largest absolute Gasteiger partial charge is 0.405 e. The minimum atomic E-state index is -4.59. The first kappa shape index (κ1) is 22.6. The maximum Gasteiger partial charge on any atom is 0.405 e. The molecule has 2 amide bonds. The molecule has 174 valence electrons. The van der Waals surface area contributed by atoms with Gasteiger partial charge < -0.3 is 19.9 Å². The van der Waals surface area contributed by atoms with E-state index in [1.807, 2.05) is 5.32 Å². The molecule has 0 unspecified atom stereocenters. The van der Waals surface area contributed by atoms with Crippen molar-refractivity contribution < 1.29 is 27.9 Å². The molecule has 3 aliphatic rings. The van der Waals surface area contributed by atoms with Gasteiger partial charge in [-0.3, -0.25) is 14.4 Å². The van der Waals surface area contributed by atoms with E-state index in [1.54, 1.807) is 36.1 Å². The number of aromatic nitrogens is 1. The van der Waals surface area contributed by atoms with Crippen LogP contribution in [0.15, 0.2) is 23.0 Å². The van der Waals surface area contributed by atoms with E-state index in [9.17, 15) is 32.7 Å². The first-order valence-corrected chi connectivity index (χ1v) is 10.8. The number of carbonyl (C=O) groups excluding carboxylic acids is 2. The first-order chi connectivity index (χ1) is 15.2. The van der Waals surface area contributed by atoms with Crippen LogP contribution in [0, 0.1) is 17.8 Å². The van der Waals surface area contributed by atoms with Crippen molar-refractivity contribution in [2.75, 3.05) is 13.2 Å². The lowest BCUT2D eigenvalue weighted by atomic mass is 9.83. The second kappa shape index (κ2) is 8.38. The van der Waals surface area contributed by atoms with Gasteiger partial charge in [-0.2, -0.15) is 13.2 Å². The summed E-state index contributed by atoms with van der Waals surface area (Å²) in [7, 11) is 0. The third kappa shape index (κ3) is 3.74. The lowest BCUT2D eigenvalue weighted by Crippen LogP contribution is -2.52. The molecular formula is C22H26F3N3O4. The first-order valence-electron chi connectivity index (χ1n) is 10.8. The molecule has 0 aromatic carbocycles. The van der Waals surface area contributed by atoms with Crippen molar-refractivity contribution >= 4 is 17.9 Å². The molecule has 1 aliphatic carbocycles.